The highest BCUT2D eigenvalue weighted by molar-refractivity contribution is 6.35. The number of carboxylic acids is 1. The maximum atomic E-state index is 10.5. The fraction of sp³-hybridized carbons (Fsp3) is 0.125. The van der Waals surface area contributed by atoms with Gasteiger partial charge in [0, 0.05) is 6.20 Å². The third-order valence-corrected chi connectivity index (χ3v) is 1.65. The van der Waals surface area contributed by atoms with Gasteiger partial charge in [0.2, 0.25) is 6.17 Å². The van der Waals surface area contributed by atoms with Crippen LogP contribution < -0.4 is 0 Å². The zero-order valence-corrected chi connectivity index (χ0v) is 7.03. The zero-order chi connectivity index (χ0) is 9.97. The SMILES string of the molecule is O=C(O)C1=NC(c2ccccn2)N=N1. The number of azo groups is 1. The molecule has 1 aliphatic rings. The summed E-state index contributed by atoms with van der Waals surface area (Å²) in [7, 11) is 0. The number of carbonyl (C=O) groups is 1. The van der Waals surface area contributed by atoms with E-state index >= 15 is 0 Å². The van der Waals surface area contributed by atoms with Crippen LogP contribution in [-0.2, 0) is 4.79 Å². The maximum Gasteiger partial charge on any atom is 0.375 e. The molecule has 0 bridgehead atoms. The molecule has 1 atom stereocenters. The molecule has 1 aromatic rings. The lowest BCUT2D eigenvalue weighted by Crippen LogP contribution is -2.07. The number of nitrogens with zero attached hydrogens (tertiary/aromatic N) is 4. The third kappa shape index (κ3) is 1.49. The van der Waals surface area contributed by atoms with Crippen molar-refractivity contribution in [3.8, 4) is 0 Å². The Labute approximate surface area is 79.0 Å². The molecule has 1 N–H and O–H groups in total. The van der Waals surface area contributed by atoms with E-state index in [0.29, 0.717) is 5.69 Å². The topological polar surface area (TPSA) is 87.3 Å². The van der Waals surface area contributed by atoms with Gasteiger partial charge >= 0.3 is 5.97 Å². The van der Waals surface area contributed by atoms with Crippen molar-refractivity contribution in [2.75, 3.05) is 0 Å². The summed E-state index contributed by atoms with van der Waals surface area (Å²) in [6.45, 7) is 0. The van der Waals surface area contributed by atoms with Crippen molar-refractivity contribution in [1.29, 1.82) is 0 Å². The van der Waals surface area contributed by atoms with E-state index in [4.69, 9.17) is 5.11 Å². The summed E-state index contributed by atoms with van der Waals surface area (Å²) in [4.78, 5) is 18.3. The van der Waals surface area contributed by atoms with E-state index in [1.807, 2.05) is 0 Å². The van der Waals surface area contributed by atoms with Gasteiger partial charge in [0.25, 0.3) is 5.84 Å². The molecule has 0 radical (unpaired) electrons. The van der Waals surface area contributed by atoms with Crippen molar-refractivity contribution >= 4 is 11.8 Å². The van der Waals surface area contributed by atoms with E-state index in [9.17, 15) is 4.79 Å². The van der Waals surface area contributed by atoms with Crippen molar-refractivity contribution in [1.82, 2.24) is 4.98 Å². The number of rotatable bonds is 2. The minimum atomic E-state index is -1.17. The molecule has 14 heavy (non-hydrogen) atoms. The van der Waals surface area contributed by atoms with Gasteiger partial charge in [-0.3, -0.25) is 4.98 Å². The summed E-state index contributed by atoms with van der Waals surface area (Å²) in [6.07, 6.45) is 0.987. The molecule has 1 aromatic heterocycles. The second-order valence-electron chi connectivity index (χ2n) is 2.60. The number of aliphatic carboxylic acids is 1. The minimum Gasteiger partial charge on any atom is -0.475 e. The molecular formula is C8H6N4O2. The molecule has 0 aliphatic carbocycles. The molecule has 2 rings (SSSR count). The summed E-state index contributed by atoms with van der Waals surface area (Å²) in [5, 5.41) is 15.7. The molecule has 0 spiro atoms. The molecule has 1 aliphatic heterocycles. The van der Waals surface area contributed by atoms with E-state index in [1.165, 1.54) is 0 Å². The quantitative estimate of drug-likeness (QED) is 0.755. The summed E-state index contributed by atoms with van der Waals surface area (Å²) in [5.41, 5.74) is 0.590. The fourth-order valence-electron chi connectivity index (χ4n) is 1.03. The van der Waals surface area contributed by atoms with Gasteiger partial charge in [0.15, 0.2) is 0 Å². The molecule has 0 aromatic carbocycles. The van der Waals surface area contributed by atoms with E-state index in [1.54, 1.807) is 24.4 Å². The van der Waals surface area contributed by atoms with Crippen LogP contribution >= 0.6 is 0 Å². The summed E-state index contributed by atoms with van der Waals surface area (Å²) >= 11 is 0. The Morgan fingerprint density at radius 3 is 2.86 bits per heavy atom. The number of aliphatic imine (C=N–C) groups is 1. The average molecular weight is 190 g/mol. The fourth-order valence-corrected chi connectivity index (χ4v) is 1.03. The van der Waals surface area contributed by atoms with Crippen LogP contribution in [0.1, 0.15) is 11.9 Å². The smallest absolute Gasteiger partial charge is 0.375 e. The van der Waals surface area contributed by atoms with E-state index in [-0.39, 0.29) is 5.84 Å². The van der Waals surface area contributed by atoms with Crippen molar-refractivity contribution in [2.24, 2.45) is 15.2 Å². The second kappa shape index (κ2) is 3.33. The first-order chi connectivity index (χ1) is 6.77. The molecule has 0 saturated heterocycles. The molecule has 0 amide bonds. The molecule has 2 heterocycles. The Hall–Kier alpha value is -2.11. The lowest BCUT2D eigenvalue weighted by Gasteiger charge is -1.98. The van der Waals surface area contributed by atoms with Gasteiger partial charge in [-0.15, -0.1) is 5.11 Å². The number of pyridine rings is 1. The zero-order valence-electron chi connectivity index (χ0n) is 7.03. The number of aromatic nitrogens is 1. The number of amidine groups is 1. The first kappa shape index (κ1) is 8.49. The second-order valence-corrected chi connectivity index (χ2v) is 2.60. The summed E-state index contributed by atoms with van der Waals surface area (Å²) < 4.78 is 0. The predicted octanol–water partition coefficient (Wildman–Crippen LogP) is 1.03. The van der Waals surface area contributed by atoms with Gasteiger partial charge < -0.3 is 5.11 Å². The minimum absolute atomic E-state index is 0.277. The van der Waals surface area contributed by atoms with Crippen molar-refractivity contribution < 1.29 is 9.90 Å². The molecule has 6 nitrogen and oxygen atoms in total. The Morgan fingerprint density at radius 1 is 1.43 bits per heavy atom. The van der Waals surface area contributed by atoms with Crippen molar-refractivity contribution in [3.05, 3.63) is 30.1 Å². The van der Waals surface area contributed by atoms with Crippen LogP contribution in [0.4, 0.5) is 0 Å². The van der Waals surface area contributed by atoms with Crippen LogP contribution in [0, 0.1) is 0 Å². The number of carboxylic acid groups (broad SMARTS) is 1. The average Bonchev–Trinajstić information content (AvgIpc) is 2.68. The lowest BCUT2D eigenvalue weighted by atomic mass is 10.3. The Bertz CT molecular complexity index is 413. The van der Waals surface area contributed by atoms with E-state index in [2.05, 4.69) is 20.2 Å². The maximum absolute atomic E-state index is 10.5. The largest absolute Gasteiger partial charge is 0.475 e. The van der Waals surface area contributed by atoms with Gasteiger partial charge in [-0.1, -0.05) is 6.07 Å². The number of hydrogen-bond donors (Lipinski definition) is 1. The molecule has 0 fully saturated rings. The van der Waals surface area contributed by atoms with Crippen LogP contribution in [0.25, 0.3) is 0 Å². The monoisotopic (exact) mass is 190 g/mol. The van der Waals surface area contributed by atoms with Gasteiger partial charge in [-0.05, 0) is 12.1 Å². The third-order valence-electron chi connectivity index (χ3n) is 1.65. The van der Waals surface area contributed by atoms with Crippen molar-refractivity contribution in [3.63, 3.8) is 0 Å². The molecule has 0 saturated carbocycles. The predicted molar refractivity (Wildman–Crippen MR) is 46.9 cm³/mol. The van der Waals surface area contributed by atoms with E-state index in [0.717, 1.165) is 0 Å². The Morgan fingerprint density at radius 2 is 2.29 bits per heavy atom. The number of hydrogen-bond acceptors (Lipinski definition) is 5. The van der Waals surface area contributed by atoms with Crippen molar-refractivity contribution in [2.45, 2.75) is 6.17 Å². The molecule has 70 valence electrons. The van der Waals surface area contributed by atoms with Crippen LogP contribution in [0.2, 0.25) is 0 Å². The van der Waals surface area contributed by atoms with Crippen LogP contribution in [0.15, 0.2) is 39.6 Å². The first-order valence-electron chi connectivity index (χ1n) is 3.90. The summed E-state index contributed by atoms with van der Waals surface area (Å²) in [6, 6.07) is 5.27. The highest BCUT2D eigenvalue weighted by Crippen LogP contribution is 2.21. The lowest BCUT2D eigenvalue weighted by molar-refractivity contribution is -0.129. The van der Waals surface area contributed by atoms with Gasteiger partial charge in [0.1, 0.15) is 0 Å². The molecular weight excluding hydrogens is 184 g/mol. The standard InChI is InChI=1S/C8H6N4O2/c13-8(14)7-10-6(11-12-7)5-3-1-2-4-9-5/h1-4,6H,(H,13,14). The van der Waals surface area contributed by atoms with Crippen LogP contribution in [-0.4, -0.2) is 21.9 Å². The van der Waals surface area contributed by atoms with Gasteiger partial charge in [-0.25, -0.2) is 9.79 Å². The normalized spacial score (nSPS) is 19.4. The Kier molecular flexibility index (Phi) is 2.02. The summed E-state index contributed by atoms with van der Waals surface area (Å²) in [5.74, 6) is -1.45. The van der Waals surface area contributed by atoms with Crippen LogP contribution in [0.3, 0.4) is 0 Å². The van der Waals surface area contributed by atoms with E-state index < -0.39 is 12.1 Å². The van der Waals surface area contributed by atoms with Gasteiger partial charge in [-0.2, -0.15) is 5.11 Å². The first-order valence-corrected chi connectivity index (χ1v) is 3.90. The van der Waals surface area contributed by atoms with Crippen LogP contribution in [0.5, 0.6) is 0 Å². The highest BCUT2D eigenvalue weighted by atomic mass is 16.4. The molecule has 1 unspecified atom stereocenters. The highest BCUT2D eigenvalue weighted by Gasteiger charge is 2.21. The Balaban J connectivity index is 2.26. The van der Waals surface area contributed by atoms with Gasteiger partial charge in [0.05, 0.1) is 5.69 Å². The molecule has 6 heteroatoms.